The molecule has 0 aromatic carbocycles. The second kappa shape index (κ2) is 6.50. The van der Waals surface area contributed by atoms with E-state index >= 15 is 0 Å². The van der Waals surface area contributed by atoms with Crippen LogP contribution in [0.25, 0.3) is 0 Å². The molecule has 1 aliphatic heterocycles. The first-order valence-corrected chi connectivity index (χ1v) is 6.59. The lowest BCUT2D eigenvalue weighted by molar-refractivity contribution is 0.0158. The van der Waals surface area contributed by atoms with E-state index in [4.69, 9.17) is 9.84 Å². The largest absolute Gasteiger partial charge is 0.394 e. The number of piperidine rings is 1. The number of rotatable bonds is 4. The normalized spacial score (nSPS) is 16.4. The number of aliphatic hydroxyl groups is 1. The first-order chi connectivity index (χ1) is 9.26. The fourth-order valence-corrected chi connectivity index (χ4v) is 2.38. The highest BCUT2D eigenvalue weighted by atomic mass is 16.5. The molecule has 0 aliphatic carbocycles. The van der Waals surface area contributed by atoms with Crippen molar-refractivity contribution in [3.05, 3.63) is 23.4 Å². The van der Waals surface area contributed by atoms with Crippen LogP contribution < -0.4 is 4.90 Å². The van der Waals surface area contributed by atoms with Crippen LogP contribution in [-0.2, 0) is 4.74 Å². The lowest BCUT2D eigenvalue weighted by Gasteiger charge is -2.33. The monoisotopic (exact) mass is 261 g/mol. The maximum Gasteiger partial charge on any atom is 0.146 e. The summed E-state index contributed by atoms with van der Waals surface area (Å²) in [7, 11) is 0. The number of hydrogen-bond donors (Lipinski definition) is 1. The number of pyridine rings is 1. The highest BCUT2D eigenvalue weighted by Gasteiger charge is 2.22. The molecular weight excluding hydrogens is 242 g/mol. The molecule has 1 saturated heterocycles. The fourth-order valence-electron chi connectivity index (χ4n) is 2.38. The molecule has 2 heterocycles. The number of aliphatic hydroxyl groups excluding tert-OH is 1. The van der Waals surface area contributed by atoms with Crippen LogP contribution in [0.1, 0.15) is 24.0 Å². The minimum Gasteiger partial charge on any atom is -0.394 e. The fraction of sp³-hybridized carbons (Fsp3) is 0.571. The zero-order chi connectivity index (χ0) is 13.7. The molecule has 1 aromatic rings. The van der Waals surface area contributed by atoms with Gasteiger partial charge in [-0.3, -0.25) is 0 Å². The van der Waals surface area contributed by atoms with Gasteiger partial charge in [-0.15, -0.1) is 0 Å². The molecule has 0 atom stereocenters. The van der Waals surface area contributed by atoms with Gasteiger partial charge in [0.2, 0.25) is 0 Å². The molecule has 0 unspecified atom stereocenters. The Balaban J connectivity index is 2.02. The van der Waals surface area contributed by atoms with Crippen LogP contribution in [0.5, 0.6) is 0 Å². The van der Waals surface area contributed by atoms with Gasteiger partial charge in [-0.05, 0) is 31.4 Å². The highest BCUT2D eigenvalue weighted by Crippen LogP contribution is 2.24. The summed E-state index contributed by atoms with van der Waals surface area (Å²) in [5, 5.41) is 18.0. The van der Waals surface area contributed by atoms with E-state index < -0.39 is 0 Å². The molecule has 0 saturated carbocycles. The molecule has 0 bridgehead atoms. The van der Waals surface area contributed by atoms with Crippen LogP contribution in [0.3, 0.4) is 0 Å². The third-order valence-electron chi connectivity index (χ3n) is 3.44. The molecule has 1 aliphatic rings. The maximum atomic E-state index is 9.23. The first kappa shape index (κ1) is 13.8. The van der Waals surface area contributed by atoms with Gasteiger partial charge in [0.25, 0.3) is 0 Å². The zero-order valence-electron chi connectivity index (χ0n) is 11.2. The number of nitriles is 1. The van der Waals surface area contributed by atoms with Gasteiger partial charge in [-0.25, -0.2) is 4.98 Å². The summed E-state index contributed by atoms with van der Waals surface area (Å²) in [6.45, 7) is 4.07. The average molecular weight is 261 g/mol. The standard InChI is InChI=1S/C14H19N3O2/c1-11-2-5-16-14(13(11)10-15)17-6-3-12(4-7-17)19-9-8-18/h2,5,12,18H,3-4,6-9H2,1H3. The Hall–Kier alpha value is -1.64. The number of nitrogens with zero attached hydrogens (tertiary/aromatic N) is 3. The van der Waals surface area contributed by atoms with Crippen LogP contribution in [-0.4, -0.2) is 42.5 Å². The second-order valence-electron chi connectivity index (χ2n) is 4.72. The SMILES string of the molecule is Cc1ccnc(N2CCC(OCCO)CC2)c1C#N. The third-order valence-corrected chi connectivity index (χ3v) is 3.44. The zero-order valence-corrected chi connectivity index (χ0v) is 11.2. The van der Waals surface area contributed by atoms with Gasteiger partial charge in [-0.1, -0.05) is 0 Å². The van der Waals surface area contributed by atoms with E-state index in [1.54, 1.807) is 6.20 Å². The Morgan fingerprint density at radius 3 is 2.89 bits per heavy atom. The minimum atomic E-state index is 0.0677. The molecule has 1 fully saturated rings. The van der Waals surface area contributed by atoms with Gasteiger partial charge in [0.1, 0.15) is 11.9 Å². The van der Waals surface area contributed by atoms with Crippen molar-refractivity contribution >= 4 is 5.82 Å². The van der Waals surface area contributed by atoms with Crippen molar-refractivity contribution < 1.29 is 9.84 Å². The van der Waals surface area contributed by atoms with Gasteiger partial charge in [-0.2, -0.15) is 5.26 Å². The molecule has 5 heteroatoms. The Bertz CT molecular complexity index is 462. The van der Waals surface area contributed by atoms with E-state index in [2.05, 4.69) is 16.0 Å². The number of hydrogen-bond acceptors (Lipinski definition) is 5. The summed E-state index contributed by atoms with van der Waals surface area (Å²) in [6, 6.07) is 4.10. The quantitative estimate of drug-likeness (QED) is 0.883. The number of aromatic nitrogens is 1. The summed E-state index contributed by atoms with van der Waals surface area (Å²) in [5.74, 6) is 0.781. The van der Waals surface area contributed by atoms with E-state index in [1.807, 2.05) is 13.0 Å². The lowest BCUT2D eigenvalue weighted by atomic mass is 10.1. The van der Waals surface area contributed by atoms with Crippen LogP contribution in [0, 0.1) is 18.3 Å². The lowest BCUT2D eigenvalue weighted by Crippen LogP contribution is -2.38. The van der Waals surface area contributed by atoms with E-state index in [9.17, 15) is 5.26 Å². The summed E-state index contributed by atoms with van der Waals surface area (Å²) < 4.78 is 5.53. The van der Waals surface area contributed by atoms with Crippen LogP contribution in [0.4, 0.5) is 5.82 Å². The molecular formula is C14H19N3O2. The van der Waals surface area contributed by atoms with Crippen LogP contribution in [0.2, 0.25) is 0 Å². The molecule has 0 amide bonds. The Kier molecular flexibility index (Phi) is 4.72. The molecule has 0 radical (unpaired) electrons. The Morgan fingerprint density at radius 1 is 1.53 bits per heavy atom. The predicted octanol–water partition coefficient (Wildman–Crippen LogP) is 1.24. The van der Waals surface area contributed by atoms with Gasteiger partial charge < -0.3 is 14.7 Å². The van der Waals surface area contributed by atoms with Gasteiger partial charge in [0.15, 0.2) is 0 Å². The first-order valence-electron chi connectivity index (χ1n) is 6.59. The topological polar surface area (TPSA) is 69.4 Å². The van der Waals surface area contributed by atoms with Gasteiger partial charge in [0, 0.05) is 19.3 Å². The van der Waals surface area contributed by atoms with Gasteiger partial charge >= 0.3 is 0 Å². The number of aryl methyl sites for hydroxylation is 1. The second-order valence-corrected chi connectivity index (χ2v) is 4.72. The molecule has 102 valence electrons. The number of anilines is 1. The Morgan fingerprint density at radius 2 is 2.26 bits per heavy atom. The number of ether oxygens (including phenoxy) is 1. The van der Waals surface area contributed by atoms with Crippen LogP contribution >= 0.6 is 0 Å². The molecule has 1 N–H and O–H groups in total. The third kappa shape index (κ3) is 3.22. The maximum absolute atomic E-state index is 9.23. The highest BCUT2D eigenvalue weighted by molar-refractivity contribution is 5.57. The summed E-state index contributed by atoms with van der Waals surface area (Å²) in [5.41, 5.74) is 1.63. The van der Waals surface area contributed by atoms with Crippen molar-refractivity contribution in [1.82, 2.24) is 4.98 Å². The Labute approximate surface area is 113 Å². The van der Waals surface area contributed by atoms with Gasteiger partial charge in [0.05, 0.1) is 24.9 Å². The van der Waals surface area contributed by atoms with Crippen molar-refractivity contribution in [2.75, 3.05) is 31.2 Å². The predicted molar refractivity (Wildman–Crippen MR) is 72.0 cm³/mol. The van der Waals surface area contributed by atoms with Crippen molar-refractivity contribution in [2.24, 2.45) is 0 Å². The minimum absolute atomic E-state index is 0.0677. The summed E-state index contributed by atoms with van der Waals surface area (Å²) in [4.78, 5) is 6.49. The smallest absolute Gasteiger partial charge is 0.146 e. The summed E-state index contributed by atoms with van der Waals surface area (Å²) in [6.07, 6.45) is 3.76. The van der Waals surface area contributed by atoms with E-state index in [1.165, 1.54) is 0 Å². The van der Waals surface area contributed by atoms with Crippen molar-refractivity contribution in [3.8, 4) is 6.07 Å². The van der Waals surface area contributed by atoms with Crippen LogP contribution in [0.15, 0.2) is 12.3 Å². The molecule has 2 rings (SSSR count). The molecule has 1 aromatic heterocycles. The van der Waals surface area contributed by atoms with E-state index in [-0.39, 0.29) is 12.7 Å². The molecule has 5 nitrogen and oxygen atoms in total. The van der Waals surface area contributed by atoms with Crippen molar-refractivity contribution in [3.63, 3.8) is 0 Å². The summed E-state index contributed by atoms with van der Waals surface area (Å²) >= 11 is 0. The van der Waals surface area contributed by atoms with Crippen molar-refractivity contribution in [2.45, 2.75) is 25.9 Å². The molecule has 0 spiro atoms. The van der Waals surface area contributed by atoms with Crippen molar-refractivity contribution in [1.29, 1.82) is 5.26 Å². The van der Waals surface area contributed by atoms with E-state index in [0.29, 0.717) is 12.2 Å². The molecule has 19 heavy (non-hydrogen) atoms. The average Bonchev–Trinajstić information content (AvgIpc) is 2.45. The van der Waals surface area contributed by atoms with E-state index in [0.717, 1.165) is 37.3 Å².